The van der Waals surface area contributed by atoms with Crippen LogP contribution in [0.15, 0.2) is 0 Å². The van der Waals surface area contributed by atoms with Crippen molar-refractivity contribution in [2.24, 2.45) is 5.73 Å². The van der Waals surface area contributed by atoms with Crippen molar-refractivity contribution in [1.29, 1.82) is 0 Å². The monoisotopic (exact) mass is 189 g/mol. The molecule has 0 aromatic heterocycles. The lowest BCUT2D eigenvalue weighted by Gasteiger charge is -2.21. The molecule has 13 heavy (non-hydrogen) atoms. The molecular formula is C10H23NO2. The molecule has 0 rings (SSSR count). The van der Waals surface area contributed by atoms with E-state index in [4.69, 9.17) is 15.2 Å². The van der Waals surface area contributed by atoms with Gasteiger partial charge in [0.25, 0.3) is 0 Å². The molecule has 0 saturated carbocycles. The van der Waals surface area contributed by atoms with Crippen molar-refractivity contribution in [2.45, 2.75) is 52.4 Å². The number of ether oxygens (including phenoxy) is 2. The first kappa shape index (κ1) is 12.9. The lowest BCUT2D eigenvalue weighted by molar-refractivity contribution is -0.0513. The maximum atomic E-state index is 5.64. The summed E-state index contributed by atoms with van der Waals surface area (Å²) in [5, 5.41) is 0. The van der Waals surface area contributed by atoms with Crippen molar-refractivity contribution in [3.05, 3.63) is 0 Å². The highest BCUT2D eigenvalue weighted by atomic mass is 16.5. The van der Waals surface area contributed by atoms with Crippen LogP contribution in [-0.2, 0) is 9.47 Å². The van der Waals surface area contributed by atoms with Gasteiger partial charge in [0.05, 0.1) is 24.9 Å². The van der Waals surface area contributed by atoms with E-state index in [9.17, 15) is 0 Å². The minimum absolute atomic E-state index is 0.0784. The van der Waals surface area contributed by atoms with Crippen LogP contribution in [0.2, 0.25) is 0 Å². The predicted octanol–water partition coefficient (Wildman–Crippen LogP) is 1.55. The quantitative estimate of drug-likeness (QED) is 0.667. The molecule has 0 aliphatic carbocycles. The Labute approximate surface area is 81.6 Å². The Bertz CT molecular complexity index is 129. The van der Waals surface area contributed by atoms with Crippen molar-refractivity contribution in [3.63, 3.8) is 0 Å². The molecule has 1 unspecified atom stereocenters. The van der Waals surface area contributed by atoms with Crippen LogP contribution >= 0.6 is 0 Å². The molecule has 2 atom stereocenters. The van der Waals surface area contributed by atoms with Gasteiger partial charge >= 0.3 is 0 Å². The first-order valence-corrected chi connectivity index (χ1v) is 4.84. The first-order chi connectivity index (χ1) is 5.83. The molecule has 2 N–H and O–H groups in total. The van der Waals surface area contributed by atoms with E-state index in [2.05, 4.69) is 0 Å². The van der Waals surface area contributed by atoms with Crippen molar-refractivity contribution < 1.29 is 9.47 Å². The molecule has 80 valence electrons. The fraction of sp³-hybridized carbons (Fsp3) is 1.00. The molecule has 0 saturated heterocycles. The second kappa shape index (κ2) is 5.58. The number of nitrogens with two attached hydrogens (primary N) is 1. The molecule has 0 bridgehead atoms. The summed E-state index contributed by atoms with van der Waals surface area (Å²) in [5.74, 6) is 0. The maximum Gasteiger partial charge on any atom is 0.0707 e. The van der Waals surface area contributed by atoms with E-state index < -0.39 is 0 Å². The fourth-order valence-electron chi connectivity index (χ4n) is 0.734. The molecule has 0 aliphatic heterocycles. The fourth-order valence-corrected chi connectivity index (χ4v) is 0.734. The Hall–Kier alpha value is -0.120. The molecule has 3 heteroatoms. The Morgan fingerprint density at radius 3 is 2.08 bits per heavy atom. The summed E-state index contributed by atoms with van der Waals surface area (Å²) in [6, 6.07) is 0.0784. The predicted molar refractivity (Wildman–Crippen MR) is 54.8 cm³/mol. The van der Waals surface area contributed by atoms with Gasteiger partial charge in [0, 0.05) is 6.04 Å². The van der Waals surface area contributed by atoms with E-state index >= 15 is 0 Å². The van der Waals surface area contributed by atoms with E-state index in [1.54, 1.807) is 0 Å². The van der Waals surface area contributed by atoms with Crippen LogP contribution in [0.5, 0.6) is 0 Å². The minimum atomic E-state index is -0.0824. The van der Waals surface area contributed by atoms with Gasteiger partial charge in [0.1, 0.15) is 0 Å². The highest BCUT2D eigenvalue weighted by Gasteiger charge is 2.11. The third kappa shape index (κ3) is 8.22. The summed E-state index contributed by atoms with van der Waals surface area (Å²) in [4.78, 5) is 0. The smallest absolute Gasteiger partial charge is 0.0707 e. The van der Waals surface area contributed by atoms with Gasteiger partial charge in [-0.2, -0.15) is 0 Å². The lowest BCUT2D eigenvalue weighted by Crippen LogP contribution is -2.32. The minimum Gasteiger partial charge on any atom is -0.375 e. The zero-order valence-corrected chi connectivity index (χ0v) is 9.46. The average molecular weight is 189 g/mol. The van der Waals surface area contributed by atoms with Gasteiger partial charge in [-0.3, -0.25) is 0 Å². The summed E-state index contributed by atoms with van der Waals surface area (Å²) in [6.07, 6.45) is 0.101. The topological polar surface area (TPSA) is 44.5 Å². The van der Waals surface area contributed by atoms with Gasteiger partial charge in [0.15, 0.2) is 0 Å². The highest BCUT2D eigenvalue weighted by molar-refractivity contribution is 4.62. The largest absolute Gasteiger partial charge is 0.375 e. The average Bonchev–Trinajstić information content (AvgIpc) is 1.95. The third-order valence-electron chi connectivity index (χ3n) is 1.74. The molecule has 0 heterocycles. The zero-order valence-electron chi connectivity index (χ0n) is 9.46. The molecule has 0 spiro atoms. The Morgan fingerprint density at radius 2 is 1.69 bits per heavy atom. The van der Waals surface area contributed by atoms with Crippen molar-refractivity contribution in [2.75, 3.05) is 13.2 Å². The maximum absolute atomic E-state index is 5.64. The SMILES string of the molecule is CC(OCCOC(C)(C)C)[C@@H](C)N. The van der Waals surface area contributed by atoms with Crippen molar-refractivity contribution in [1.82, 2.24) is 0 Å². The van der Waals surface area contributed by atoms with Gasteiger partial charge < -0.3 is 15.2 Å². The Morgan fingerprint density at radius 1 is 1.15 bits per heavy atom. The van der Waals surface area contributed by atoms with Crippen LogP contribution in [0.3, 0.4) is 0 Å². The van der Waals surface area contributed by atoms with Gasteiger partial charge in [-0.1, -0.05) is 0 Å². The molecule has 3 nitrogen and oxygen atoms in total. The van der Waals surface area contributed by atoms with Crippen molar-refractivity contribution >= 4 is 0 Å². The molecule has 0 amide bonds. The van der Waals surface area contributed by atoms with Gasteiger partial charge in [-0.15, -0.1) is 0 Å². The van der Waals surface area contributed by atoms with Crippen LogP contribution in [-0.4, -0.2) is 31.0 Å². The molecular weight excluding hydrogens is 166 g/mol. The van der Waals surface area contributed by atoms with E-state index in [-0.39, 0.29) is 17.7 Å². The summed E-state index contributed by atoms with van der Waals surface area (Å²) >= 11 is 0. The molecule has 0 aromatic rings. The van der Waals surface area contributed by atoms with Crippen LogP contribution in [0.4, 0.5) is 0 Å². The van der Waals surface area contributed by atoms with Gasteiger partial charge in [-0.05, 0) is 34.6 Å². The second-order valence-corrected chi connectivity index (χ2v) is 4.40. The van der Waals surface area contributed by atoms with E-state index in [0.29, 0.717) is 13.2 Å². The number of hydrogen-bond donors (Lipinski definition) is 1. The molecule has 0 radical (unpaired) electrons. The summed E-state index contributed by atoms with van der Waals surface area (Å²) in [6.45, 7) is 11.2. The molecule has 0 aliphatic rings. The van der Waals surface area contributed by atoms with Gasteiger partial charge in [0.2, 0.25) is 0 Å². The van der Waals surface area contributed by atoms with Crippen LogP contribution in [0.25, 0.3) is 0 Å². The van der Waals surface area contributed by atoms with Crippen LogP contribution in [0, 0.1) is 0 Å². The lowest BCUT2D eigenvalue weighted by atomic mass is 10.2. The zero-order chi connectivity index (χ0) is 10.5. The third-order valence-corrected chi connectivity index (χ3v) is 1.74. The molecule has 0 fully saturated rings. The molecule has 0 aromatic carbocycles. The summed E-state index contributed by atoms with van der Waals surface area (Å²) < 4.78 is 10.9. The van der Waals surface area contributed by atoms with E-state index in [1.807, 2.05) is 34.6 Å². The Kier molecular flexibility index (Phi) is 5.53. The summed E-state index contributed by atoms with van der Waals surface area (Å²) in [5.41, 5.74) is 5.56. The van der Waals surface area contributed by atoms with Crippen LogP contribution < -0.4 is 5.73 Å². The standard InChI is InChI=1S/C10H23NO2/c1-8(11)9(2)12-6-7-13-10(3,4)5/h8-9H,6-7,11H2,1-5H3/t8-,9?/m1/s1. The summed E-state index contributed by atoms with van der Waals surface area (Å²) in [7, 11) is 0. The van der Waals surface area contributed by atoms with Crippen molar-refractivity contribution in [3.8, 4) is 0 Å². The van der Waals surface area contributed by atoms with Crippen LogP contribution in [0.1, 0.15) is 34.6 Å². The van der Waals surface area contributed by atoms with E-state index in [0.717, 1.165) is 0 Å². The first-order valence-electron chi connectivity index (χ1n) is 4.84. The number of hydrogen-bond acceptors (Lipinski definition) is 3. The number of rotatable bonds is 5. The van der Waals surface area contributed by atoms with E-state index in [1.165, 1.54) is 0 Å². The second-order valence-electron chi connectivity index (χ2n) is 4.40. The van der Waals surface area contributed by atoms with Gasteiger partial charge in [-0.25, -0.2) is 0 Å². The Balaban J connectivity index is 3.36. The normalized spacial score (nSPS) is 17.1. The highest BCUT2D eigenvalue weighted by Crippen LogP contribution is 2.06.